The van der Waals surface area contributed by atoms with Crippen molar-refractivity contribution in [2.45, 2.75) is 32.5 Å². The minimum absolute atomic E-state index is 0.338. The van der Waals surface area contributed by atoms with Gasteiger partial charge in [-0.2, -0.15) is 5.10 Å². The van der Waals surface area contributed by atoms with Crippen molar-refractivity contribution in [3.05, 3.63) is 87.3 Å². The summed E-state index contributed by atoms with van der Waals surface area (Å²) < 4.78 is 11.7. The summed E-state index contributed by atoms with van der Waals surface area (Å²) in [4.78, 5) is 6.47. The molecular formula is C28H28Cl2N4O2. The third kappa shape index (κ3) is 5.57. The number of hydrogen-bond acceptors (Lipinski definition) is 5. The van der Waals surface area contributed by atoms with Crippen LogP contribution in [-0.4, -0.2) is 45.9 Å². The highest BCUT2D eigenvalue weighted by Crippen LogP contribution is 2.33. The summed E-state index contributed by atoms with van der Waals surface area (Å²) in [7, 11) is 0. The van der Waals surface area contributed by atoms with Crippen LogP contribution in [0.25, 0.3) is 23.1 Å². The highest BCUT2D eigenvalue weighted by molar-refractivity contribution is 6.35. The first kappa shape index (κ1) is 24.8. The molecule has 2 aromatic carbocycles. The second-order valence-electron chi connectivity index (χ2n) is 9.06. The number of aromatic amines is 1. The van der Waals surface area contributed by atoms with E-state index in [0.29, 0.717) is 27.4 Å². The molecule has 1 aliphatic rings. The fraction of sp³-hybridized carbons (Fsp3) is 0.286. The molecule has 3 heterocycles. The van der Waals surface area contributed by atoms with Gasteiger partial charge < -0.3 is 9.47 Å². The van der Waals surface area contributed by atoms with Gasteiger partial charge in [0.1, 0.15) is 11.9 Å². The normalized spacial score (nSPS) is 17.6. The zero-order valence-electron chi connectivity index (χ0n) is 20.2. The Morgan fingerprint density at radius 3 is 2.67 bits per heavy atom. The molecular weight excluding hydrogens is 495 g/mol. The lowest BCUT2D eigenvalue weighted by Gasteiger charge is -2.33. The Kier molecular flexibility index (Phi) is 7.58. The van der Waals surface area contributed by atoms with E-state index in [1.807, 2.05) is 31.2 Å². The van der Waals surface area contributed by atoms with Gasteiger partial charge in [-0.05, 0) is 49.2 Å². The van der Waals surface area contributed by atoms with Gasteiger partial charge in [0, 0.05) is 42.5 Å². The number of ether oxygens (including phenoxy) is 2. The van der Waals surface area contributed by atoms with Crippen molar-refractivity contribution < 1.29 is 9.47 Å². The minimum Gasteiger partial charge on any atom is -0.486 e. The lowest BCUT2D eigenvalue weighted by molar-refractivity contribution is -0.00436. The highest BCUT2D eigenvalue weighted by Gasteiger charge is 2.19. The Hall–Kier alpha value is -2.90. The van der Waals surface area contributed by atoms with Gasteiger partial charge in [0.2, 0.25) is 0 Å². The van der Waals surface area contributed by atoms with Crippen LogP contribution in [0, 0.1) is 0 Å². The monoisotopic (exact) mass is 522 g/mol. The van der Waals surface area contributed by atoms with Gasteiger partial charge in [-0.15, -0.1) is 0 Å². The van der Waals surface area contributed by atoms with Crippen LogP contribution < -0.4 is 4.74 Å². The zero-order valence-corrected chi connectivity index (χ0v) is 21.8. The predicted octanol–water partition coefficient (Wildman–Crippen LogP) is 6.80. The molecule has 0 saturated carbocycles. The smallest absolute Gasteiger partial charge is 0.124 e. The molecule has 2 aromatic heterocycles. The molecule has 4 aromatic rings. The van der Waals surface area contributed by atoms with Crippen molar-refractivity contribution in [3.63, 3.8) is 0 Å². The van der Waals surface area contributed by atoms with Crippen LogP contribution in [0.4, 0.5) is 0 Å². The topological polar surface area (TPSA) is 63.3 Å². The SMILES string of the molecule is CC(Oc1ccc2[nH]nc(/C=C/c3ccc(CN4CCOC[C@@H]4C)cc3)c2c1)c1c(Cl)cncc1Cl. The Balaban J connectivity index is 1.29. The molecule has 0 aliphatic carbocycles. The molecule has 1 N–H and O–H groups in total. The molecule has 5 rings (SSSR count). The van der Waals surface area contributed by atoms with Crippen molar-refractivity contribution in [1.29, 1.82) is 0 Å². The maximum Gasteiger partial charge on any atom is 0.124 e. The maximum absolute atomic E-state index is 6.30. The number of nitrogens with zero attached hydrogens (tertiary/aromatic N) is 3. The number of aromatic nitrogens is 3. The average Bonchev–Trinajstić information content (AvgIpc) is 3.27. The fourth-order valence-electron chi connectivity index (χ4n) is 4.43. The number of pyridine rings is 1. The van der Waals surface area contributed by atoms with Crippen LogP contribution in [0.5, 0.6) is 5.75 Å². The summed E-state index contributed by atoms with van der Waals surface area (Å²) in [5.41, 5.74) is 4.91. The van der Waals surface area contributed by atoms with Crippen molar-refractivity contribution in [2.24, 2.45) is 0 Å². The molecule has 0 amide bonds. The summed E-state index contributed by atoms with van der Waals surface area (Å²) in [6.45, 7) is 7.65. The first-order chi connectivity index (χ1) is 17.5. The molecule has 1 unspecified atom stereocenters. The molecule has 2 atom stereocenters. The van der Waals surface area contributed by atoms with Crippen LogP contribution >= 0.6 is 23.2 Å². The predicted molar refractivity (Wildman–Crippen MR) is 145 cm³/mol. The van der Waals surface area contributed by atoms with E-state index in [9.17, 15) is 0 Å². The van der Waals surface area contributed by atoms with Crippen LogP contribution in [0.3, 0.4) is 0 Å². The minimum atomic E-state index is -0.338. The second kappa shape index (κ2) is 11.0. The summed E-state index contributed by atoms with van der Waals surface area (Å²) in [6.07, 6.45) is 6.89. The Bertz CT molecular complexity index is 1350. The summed E-state index contributed by atoms with van der Waals surface area (Å²) in [5.74, 6) is 0.705. The summed E-state index contributed by atoms with van der Waals surface area (Å²) >= 11 is 12.6. The van der Waals surface area contributed by atoms with E-state index in [1.165, 1.54) is 5.56 Å². The van der Waals surface area contributed by atoms with Gasteiger partial charge in [-0.25, -0.2) is 0 Å². The second-order valence-corrected chi connectivity index (χ2v) is 9.88. The fourth-order valence-corrected chi connectivity index (χ4v) is 5.10. The van der Waals surface area contributed by atoms with Crippen LogP contribution in [0.15, 0.2) is 54.9 Å². The summed E-state index contributed by atoms with van der Waals surface area (Å²) in [5, 5.41) is 9.51. The largest absolute Gasteiger partial charge is 0.486 e. The first-order valence-corrected chi connectivity index (χ1v) is 12.8. The lowest BCUT2D eigenvalue weighted by atomic mass is 10.1. The van der Waals surface area contributed by atoms with Gasteiger partial charge >= 0.3 is 0 Å². The van der Waals surface area contributed by atoms with Crippen molar-refractivity contribution >= 4 is 46.3 Å². The Morgan fingerprint density at radius 2 is 1.92 bits per heavy atom. The third-order valence-corrected chi connectivity index (χ3v) is 7.08. The molecule has 8 heteroatoms. The number of morpholine rings is 1. The van der Waals surface area contributed by atoms with Gasteiger partial charge in [-0.3, -0.25) is 15.0 Å². The zero-order chi connectivity index (χ0) is 25.1. The molecule has 6 nitrogen and oxygen atoms in total. The van der Waals surface area contributed by atoms with E-state index in [1.54, 1.807) is 12.4 Å². The van der Waals surface area contributed by atoms with E-state index >= 15 is 0 Å². The van der Waals surface area contributed by atoms with E-state index in [2.05, 4.69) is 57.3 Å². The van der Waals surface area contributed by atoms with E-state index < -0.39 is 0 Å². The maximum atomic E-state index is 6.30. The number of nitrogens with one attached hydrogen (secondary N) is 1. The molecule has 0 radical (unpaired) electrons. The van der Waals surface area contributed by atoms with Crippen molar-refractivity contribution in [1.82, 2.24) is 20.1 Å². The molecule has 0 bridgehead atoms. The molecule has 1 aliphatic heterocycles. The molecule has 1 saturated heterocycles. The van der Waals surface area contributed by atoms with E-state index in [0.717, 1.165) is 48.5 Å². The highest BCUT2D eigenvalue weighted by atomic mass is 35.5. The van der Waals surface area contributed by atoms with E-state index in [4.69, 9.17) is 32.7 Å². The van der Waals surface area contributed by atoms with Gasteiger partial charge in [-0.1, -0.05) is 53.5 Å². The number of hydrogen-bond donors (Lipinski definition) is 1. The molecule has 36 heavy (non-hydrogen) atoms. The average molecular weight is 523 g/mol. The van der Waals surface area contributed by atoms with Crippen LogP contribution in [0.1, 0.15) is 42.3 Å². The standard InChI is InChI=1S/C28H28Cl2N4O2/c1-18-17-35-12-11-34(18)16-21-5-3-20(4-6-21)7-9-26-23-13-22(8-10-27(23)33-32-26)36-19(2)28-24(29)14-31-15-25(28)30/h3-10,13-15,18-19H,11-12,16-17H2,1-2H3,(H,32,33)/b9-7+/t18-,19?/m0/s1. The lowest BCUT2D eigenvalue weighted by Crippen LogP contribution is -2.42. The number of halogens is 2. The molecule has 1 fully saturated rings. The van der Waals surface area contributed by atoms with Crippen molar-refractivity contribution in [3.8, 4) is 5.75 Å². The van der Waals surface area contributed by atoms with Gasteiger partial charge in [0.25, 0.3) is 0 Å². The molecule has 0 spiro atoms. The van der Waals surface area contributed by atoms with E-state index in [-0.39, 0.29) is 6.10 Å². The molecule has 186 valence electrons. The van der Waals surface area contributed by atoms with Gasteiger partial charge in [0.05, 0.1) is 34.5 Å². The van der Waals surface area contributed by atoms with Crippen molar-refractivity contribution in [2.75, 3.05) is 19.8 Å². The summed E-state index contributed by atoms with van der Waals surface area (Å²) in [6, 6.07) is 14.9. The van der Waals surface area contributed by atoms with Crippen LogP contribution in [-0.2, 0) is 11.3 Å². The Labute approximate surface area is 220 Å². The van der Waals surface area contributed by atoms with Crippen LogP contribution in [0.2, 0.25) is 10.0 Å². The number of H-pyrrole nitrogens is 1. The Morgan fingerprint density at radius 1 is 1.14 bits per heavy atom. The number of benzene rings is 2. The van der Waals surface area contributed by atoms with Gasteiger partial charge in [0.15, 0.2) is 0 Å². The first-order valence-electron chi connectivity index (χ1n) is 12.0. The quantitative estimate of drug-likeness (QED) is 0.289. The number of fused-ring (bicyclic) bond motifs is 1. The number of rotatable bonds is 7. The third-order valence-electron chi connectivity index (χ3n) is 6.48.